The minimum absolute atomic E-state index is 0.640. The van der Waals surface area contributed by atoms with E-state index in [1.165, 1.54) is 54.3 Å². The third-order valence-corrected chi connectivity index (χ3v) is 10.8. The molecule has 0 saturated carbocycles. The van der Waals surface area contributed by atoms with Crippen LogP contribution in [0.5, 0.6) is 0 Å². The molecule has 0 amide bonds. The van der Waals surface area contributed by atoms with Crippen molar-refractivity contribution in [3.63, 3.8) is 0 Å². The molecule has 5 nitrogen and oxygen atoms in total. The first-order valence-electron chi connectivity index (χ1n) is 18.6. The van der Waals surface area contributed by atoms with E-state index in [9.17, 15) is 0 Å². The van der Waals surface area contributed by atoms with Gasteiger partial charge in [-0.3, -0.25) is 0 Å². The second kappa shape index (κ2) is 12.4. The Labute approximate surface area is 317 Å². The fraction of sp³-hybridized carbons (Fsp3) is 0.0200. The molecule has 3 aromatic heterocycles. The summed E-state index contributed by atoms with van der Waals surface area (Å²) in [7, 11) is 0. The second-order valence-electron chi connectivity index (χ2n) is 14.2. The Balaban J connectivity index is 1.15. The lowest BCUT2D eigenvalue weighted by atomic mass is 9.98. The molecule has 11 aromatic rings. The van der Waals surface area contributed by atoms with E-state index >= 15 is 0 Å². The molecule has 0 fully saturated rings. The summed E-state index contributed by atoms with van der Waals surface area (Å²) in [5.74, 6) is 1.94. The zero-order chi connectivity index (χ0) is 36.5. The van der Waals surface area contributed by atoms with Gasteiger partial charge in [0.05, 0.1) is 16.6 Å². The number of rotatable bonds is 5. The molecule has 0 spiro atoms. The number of nitrogens with zero attached hydrogens (tertiary/aromatic N) is 5. The maximum atomic E-state index is 5.06. The van der Waals surface area contributed by atoms with Gasteiger partial charge in [0.2, 0.25) is 0 Å². The van der Waals surface area contributed by atoms with E-state index < -0.39 is 0 Å². The third kappa shape index (κ3) is 5.05. The number of hydrogen-bond donors (Lipinski definition) is 0. The van der Waals surface area contributed by atoms with Crippen molar-refractivity contribution in [2.45, 2.75) is 6.92 Å². The Morgan fingerprint density at radius 1 is 0.400 bits per heavy atom. The maximum absolute atomic E-state index is 5.06. The van der Waals surface area contributed by atoms with Gasteiger partial charge in [0.25, 0.3) is 0 Å². The highest BCUT2D eigenvalue weighted by atomic mass is 15.0. The summed E-state index contributed by atoms with van der Waals surface area (Å²) in [4.78, 5) is 15.0. The van der Waals surface area contributed by atoms with Gasteiger partial charge in [-0.05, 0) is 77.2 Å². The highest BCUT2D eigenvalue weighted by Gasteiger charge is 2.20. The Bertz CT molecular complexity index is 3190. The van der Waals surface area contributed by atoms with Crippen molar-refractivity contribution in [2.75, 3.05) is 0 Å². The minimum atomic E-state index is 0.640. The molecule has 0 radical (unpaired) electrons. The zero-order valence-electron chi connectivity index (χ0n) is 30.1. The lowest BCUT2D eigenvalue weighted by Gasteiger charge is -2.13. The highest BCUT2D eigenvalue weighted by molar-refractivity contribution is 6.30. The summed E-state index contributed by atoms with van der Waals surface area (Å²) in [5, 5.41) is 8.65. The third-order valence-electron chi connectivity index (χ3n) is 10.8. The molecule has 11 rings (SSSR count). The van der Waals surface area contributed by atoms with Gasteiger partial charge in [-0.2, -0.15) is 0 Å². The van der Waals surface area contributed by atoms with Crippen molar-refractivity contribution in [2.24, 2.45) is 0 Å². The topological polar surface area (TPSA) is 48.5 Å². The van der Waals surface area contributed by atoms with E-state index in [1.54, 1.807) is 0 Å². The predicted molar refractivity (Wildman–Crippen MR) is 227 cm³/mol. The van der Waals surface area contributed by atoms with Crippen molar-refractivity contribution in [3.05, 3.63) is 188 Å². The molecule has 5 heteroatoms. The van der Waals surface area contributed by atoms with Crippen molar-refractivity contribution in [1.82, 2.24) is 24.1 Å². The summed E-state index contributed by atoms with van der Waals surface area (Å²) >= 11 is 0. The monoisotopic (exact) mass is 703 g/mol. The zero-order valence-corrected chi connectivity index (χ0v) is 30.1. The maximum Gasteiger partial charge on any atom is 0.164 e. The molecule has 0 saturated heterocycles. The summed E-state index contributed by atoms with van der Waals surface area (Å²) in [6.45, 7) is 2.14. The molecule has 8 aromatic carbocycles. The molecule has 258 valence electrons. The fourth-order valence-corrected chi connectivity index (χ4v) is 8.35. The molecular formula is C50H33N5. The van der Waals surface area contributed by atoms with Crippen LogP contribution < -0.4 is 0 Å². The van der Waals surface area contributed by atoms with Gasteiger partial charge in [-0.25, -0.2) is 15.0 Å². The molecule has 0 unspecified atom stereocenters. The molecular weight excluding hydrogens is 671 g/mol. The normalized spacial score (nSPS) is 11.7. The molecule has 55 heavy (non-hydrogen) atoms. The van der Waals surface area contributed by atoms with Crippen LogP contribution in [-0.4, -0.2) is 24.1 Å². The van der Waals surface area contributed by atoms with Crippen molar-refractivity contribution >= 4 is 54.3 Å². The average molecular weight is 704 g/mol. The van der Waals surface area contributed by atoms with E-state index in [4.69, 9.17) is 15.0 Å². The Hall–Kier alpha value is -7.37. The summed E-state index contributed by atoms with van der Waals surface area (Å²) in [6, 6.07) is 62.2. The van der Waals surface area contributed by atoms with Gasteiger partial charge in [0.1, 0.15) is 0 Å². The van der Waals surface area contributed by atoms with E-state index in [-0.39, 0.29) is 0 Å². The van der Waals surface area contributed by atoms with Gasteiger partial charge in [0.15, 0.2) is 17.5 Å². The van der Waals surface area contributed by atoms with E-state index in [0.717, 1.165) is 33.6 Å². The molecule has 0 aliphatic carbocycles. The van der Waals surface area contributed by atoms with Crippen LogP contribution in [0.15, 0.2) is 182 Å². The van der Waals surface area contributed by atoms with Crippen LogP contribution in [-0.2, 0) is 0 Å². The molecule has 0 bridgehead atoms. The van der Waals surface area contributed by atoms with E-state index in [2.05, 4.69) is 138 Å². The predicted octanol–water partition coefficient (Wildman–Crippen LogP) is 12.5. The molecule has 0 N–H and O–H groups in total. The lowest BCUT2D eigenvalue weighted by Crippen LogP contribution is -2.01. The van der Waals surface area contributed by atoms with Crippen molar-refractivity contribution < 1.29 is 0 Å². The van der Waals surface area contributed by atoms with E-state index in [1.807, 2.05) is 60.7 Å². The van der Waals surface area contributed by atoms with Gasteiger partial charge in [-0.15, -0.1) is 0 Å². The first-order valence-corrected chi connectivity index (χ1v) is 18.6. The van der Waals surface area contributed by atoms with Crippen LogP contribution in [0.2, 0.25) is 0 Å². The first-order chi connectivity index (χ1) is 27.2. The Kier molecular flexibility index (Phi) is 7.01. The summed E-state index contributed by atoms with van der Waals surface area (Å²) in [6.07, 6.45) is 2.19. The Morgan fingerprint density at radius 3 is 1.67 bits per heavy atom. The van der Waals surface area contributed by atoms with Crippen molar-refractivity contribution in [3.8, 4) is 45.5 Å². The number of hydrogen-bond acceptors (Lipinski definition) is 3. The summed E-state index contributed by atoms with van der Waals surface area (Å²) < 4.78 is 4.74. The SMILES string of the molecule is Cc1cc(-c2nc(-c3ccccc3)nc(-c3ccccc3)n2)cc(-n2ccc3ccc4c(ccc5c4c4c6ccccc6ccc4n5-c4ccccc4)c32)c1. The lowest BCUT2D eigenvalue weighted by molar-refractivity contribution is 1.07. The van der Waals surface area contributed by atoms with Gasteiger partial charge >= 0.3 is 0 Å². The number of aromatic nitrogens is 5. The Morgan fingerprint density at radius 2 is 0.964 bits per heavy atom. The average Bonchev–Trinajstić information content (AvgIpc) is 3.84. The standard InChI is InChI=1S/C50H33N5/c1-32-29-37(50-52-48(35-14-5-2-6-15-35)51-49(53-50)36-16-7-3-8-17-36)31-39(30-32)54-28-27-34-21-23-41-42(47(34)54)24-26-44-46(41)45-40-20-12-11-13-33(40)22-25-43(45)55(44)38-18-9-4-10-19-38/h2-31H,1H3. The molecule has 3 heterocycles. The summed E-state index contributed by atoms with van der Waals surface area (Å²) in [5.41, 5.74) is 9.73. The van der Waals surface area contributed by atoms with Crippen LogP contribution in [0.25, 0.3) is 99.8 Å². The van der Waals surface area contributed by atoms with Gasteiger partial charge in [0, 0.05) is 55.8 Å². The van der Waals surface area contributed by atoms with Crippen LogP contribution in [0.1, 0.15) is 5.56 Å². The largest absolute Gasteiger partial charge is 0.316 e. The number of aryl methyl sites for hydroxylation is 1. The molecule has 0 aliphatic heterocycles. The molecule has 0 atom stereocenters. The first kappa shape index (κ1) is 31.2. The van der Waals surface area contributed by atoms with E-state index in [0.29, 0.717) is 17.5 Å². The van der Waals surface area contributed by atoms with Gasteiger partial charge in [-0.1, -0.05) is 127 Å². The van der Waals surface area contributed by atoms with Gasteiger partial charge < -0.3 is 9.13 Å². The molecule has 0 aliphatic rings. The second-order valence-corrected chi connectivity index (χ2v) is 14.2. The van der Waals surface area contributed by atoms with Crippen LogP contribution in [0.4, 0.5) is 0 Å². The smallest absolute Gasteiger partial charge is 0.164 e. The fourth-order valence-electron chi connectivity index (χ4n) is 8.35. The number of fused-ring (bicyclic) bond motifs is 9. The van der Waals surface area contributed by atoms with Crippen LogP contribution in [0, 0.1) is 6.92 Å². The highest BCUT2D eigenvalue weighted by Crippen LogP contribution is 2.42. The minimum Gasteiger partial charge on any atom is -0.316 e. The van der Waals surface area contributed by atoms with Crippen molar-refractivity contribution in [1.29, 1.82) is 0 Å². The quantitative estimate of drug-likeness (QED) is 0.179. The van der Waals surface area contributed by atoms with Crippen LogP contribution >= 0.6 is 0 Å². The number of benzene rings is 8. The number of para-hydroxylation sites is 1. The van der Waals surface area contributed by atoms with Crippen LogP contribution in [0.3, 0.4) is 0 Å².